The Balaban J connectivity index is 0.00000220. The second-order valence-electron chi connectivity index (χ2n) is 3.99. The summed E-state index contributed by atoms with van der Waals surface area (Å²) in [7, 11) is 0. The van der Waals surface area contributed by atoms with Crippen LogP contribution in [-0.4, -0.2) is 15.8 Å². The number of rotatable bonds is 5. The van der Waals surface area contributed by atoms with Gasteiger partial charge in [-0.15, -0.1) is 12.4 Å². The highest BCUT2D eigenvalue weighted by Gasteiger charge is 2.13. The molecule has 0 fully saturated rings. The van der Waals surface area contributed by atoms with Gasteiger partial charge in [-0.05, 0) is 11.6 Å². The predicted molar refractivity (Wildman–Crippen MR) is 80.1 cm³/mol. The van der Waals surface area contributed by atoms with Gasteiger partial charge in [0, 0.05) is 6.20 Å². The van der Waals surface area contributed by atoms with Gasteiger partial charge in [-0.2, -0.15) is 0 Å². The molecule has 0 saturated heterocycles. The molecule has 0 atom stereocenters. The van der Waals surface area contributed by atoms with Crippen LogP contribution in [0.4, 0.5) is 11.4 Å². The van der Waals surface area contributed by atoms with Crippen molar-refractivity contribution in [2.45, 2.75) is 6.42 Å². The van der Waals surface area contributed by atoms with Crippen molar-refractivity contribution < 1.29 is 9.72 Å². The quantitative estimate of drug-likeness (QED) is 0.651. The smallest absolute Gasteiger partial charge is 0.292 e. The molecular formula is C13H13ClN4O3. The standard InChI is InChI=1S/C13H12N4O3.ClH/c18-13(8-10-4-2-1-3-5-10)16-15-11-6-7-14-9-12(11)17(19)20;/h1-7,9H,8H2,(H,14,15)(H,16,18);1H. The third kappa shape index (κ3) is 4.73. The number of aromatic nitrogens is 1. The van der Waals surface area contributed by atoms with E-state index in [2.05, 4.69) is 15.8 Å². The first-order chi connectivity index (χ1) is 9.66. The zero-order valence-electron chi connectivity index (χ0n) is 10.9. The summed E-state index contributed by atoms with van der Waals surface area (Å²) in [5.74, 6) is -0.290. The zero-order chi connectivity index (χ0) is 14.4. The second-order valence-corrected chi connectivity index (χ2v) is 3.99. The first-order valence-corrected chi connectivity index (χ1v) is 5.84. The van der Waals surface area contributed by atoms with Gasteiger partial charge < -0.3 is 0 Å². The Morgan fingerprint density at radius 1 is 1.24 bits per heavy atom. The van der Waals surface area contributed by atoms with Crippen LogP contribution in [0.2, 0.25) is 0 Å². The maximum absolute atomic E-state index is 11.7. The lowest BCUT2D eigenvalue weighted by atomic mass is 10.1. The van der Waals surface area contributed by atoms with Crippen molar-refractivity contribution in [1.29, 1.82) is 0 Å². The molecule has 2 rings (SSSR count). The Kier molecular flexibility index (Phi) is 6.09. The molecule has 1 aromatic carbocycles. The van der Waals surface area contributed by atoms with Gasteiger partial charge in [0.05, 0.1) is 11.3 Å². The SMILES string of the molecule is Cl.O=C(Cc1ccccc1)NNc1ccncc1[N+](=O)[O-]. The van der Waals surface area contributed by atoms with E-state index < -0.39 is 4.92 Å². The van der Waals surface area contributed by atoms with Crippen molar-refractivity contribution in [3.8, 4) is 0 Å². The van der Waals surface area contributed by atoms with Crippen molar-refractivity contribution in [3.63, 3.8) is 0 Å². The molecule has 1 heterocycles. The first kappa shape index (κ1) is 16.4. The van der Waals surface area contributed by atoms with Gasteiger partial charge in [-0.3, -0.25) is 30.7 Å². The number of carbonyl (C=O) groups excluding carboxylic acids is 1. The van der Waals surface area contributed by atoms with Crippen LogP contribution in [-0.2, 0) is 11.2 Å². The Bertz CT molecular complexity index is 622. The summed E-state index contributed by atoms with van der Waals surface area (Å²) in [6, 6.07) is 10.6. The number of nitrogens with zero attached hydrogens (tertiary/aromatic N) is 2. The lowest BCUT2D eigenvalue weighted by Gasteiger charge is -2.08. The van der Waals surface area contributed by atoms with Crippen LogP contribution in [0.1, 0.15) is 5.56 Å². The number of carbonyl (C=O) groups is 1. The molecule has 8 heteroatoms. The molecule has 2 aromatic rings. The summed E-state index contributed by atoms with van der Waals surface area (Å²) in [5, 5.41) is 10.8. The maximum atomic E-state index is 11.7. The number of hydrogen-bond acceptors (Lipinski definition) is 5. The highest BCUT2D eigenvalue weighted by Crippen LogP contribution is 2.20. The van der Waals surface area contributed by atoms with Crippen molar-refractivity contribution in [1.82, 2.24) is 10.4 Å². The Morgan fingerprint density at radius 3 is 2.62 bits per heavy atom. The minimum atomic E-state index is -0.571. The maximum Gasteiger partial charge on any atom is 0.312 e. The molecule has 21 heavy (non-hydrogen) atoms. The topological polar surface area (TPSA) is 97.2 Å². The van der Waals surface area contributed by atoms with Gasteiger partial charge in [-0.1, -0.05) is 30.3 Å². The molecule has 2 N–H and O–H groups in total. The van der Waals surface area contributed by atoms with E-state index in [9.17, 15) is 14.9 Å². The zero-order valence-corrected chi connectivity index (χ0v) is 11.7. The Morgan fingerprint density at radius 2 is 1.95 bits per heavy atom. The van der Waals surface area contributed by atoms with Crippen molar-refractivity contribution >= 4 is 29.7 Å². The molecule has 0 spiro atoms. The molecule has 0 bridgehead atoms. The molecule has 0 saturated carbocycles. The van der Waals surface area contributed by atoms with Crippen LogP contribution >= 0.6 is 12.4 Å². The number of hydrogen-bond donors (Lipinski definition) is 2. The minimum absolute atomic E-state index is 0. The number of hydrazine groups is 1. The number of amides is 1. The van der Waals surface area contributed by atoms with E-state index in [0.29, 0.717) is 0 Å². The Hall–Kier alpha value is -2.67. The van der Waals surface area contributed by atoms with E-state index in [1.807, 2.05) is 30.3 Å². The van der Waals surface area contributed by atoms with Gasteiger partial charge >= 0.3 is 5.69 Å². The van der Waals surface area contributed by atoms with Gasteiger partial charge in [0.15, 0.2) is 0 Å². The molecular weight excluding hydrogens is 296 g/mol. The van der Waals surface area contributed by atoms with Gasteiger partial charge in [0.2, 0.25) is 5.91 Å². The lowest BCUT2D eigenvalue weighted by Crippen LogP contribution is -2.31. The van der Waals surface area contributed by atoms with Gasteiger partial charge in [0.1, 0.15) is 11.9 Å². The highest BCUT2D eigenvalue weighted by atomic mass is 35.5. The fourth-order valence-electron chi connectivity index (χ4n) is 1.60. The fourth-order valence-corrected chi connectivity index (χ4v) is 1.60. The van der Waals surface area contributed by atoms with Gasteiger partial charge in [-0.25, -0.2) is 0 Å². The summed E-state index contributed by atoms with van der Waals surface area (Å²) in [4.78, 5) is 25.6. The van der Waals surface area contributed by atoms with Crippen LogP contribution in [0.25, 0.3) is 0 Å². The highest BCUT2D eigenvalue weighted by molar-refractivity contribution is 5.85. The van der Waals surface area contributed by atoms with E-state index in [1.165, 1.54) is 12.3 Å². The van der Waals surface area contributed by atoms with E-state index >= 15 is 0 Å². The summed E-state index contributed by atoms with van der Waals surface area (Å²) < 4.78 is 0. The van der Waals surface area contributed by atoms with E-state index in [-0.39, 0.29) is 36.1 Å². The first-order valence-electron chi connectivity index (χ1n) is 5.84. The largest absolute Gasteiger partial charge is 0.312 e. The molecule has 0 radical (unpaired) electrons. The van der Waals surface area contributed by atoms with Crippen LogP contribution < -0.4 is 10.9 Å². The third-order valence-corrected chi connectivity index (χ3v) is 2.54. The average molecular weight is 309 g/mol. The van der Waals surface area contributed by atoms with E-state index in [4.69, 9.17) is 0 Å². The molecule has 1 aromatic heterocycles. The molecule has 0 aliphatic carbocycles. The van der Waals surface area contributed by atoms with Crippen molar-refractivity contribution in [2.75, 3.05) is 5.43 Å². The van der Waals surface area contributed by atoms with Gasteiger partial charge in [0.25, 0.3) is 0 Å². The summed E-state index contributed by atoms with van der Waals surface area (Å²) in [5.41, 5.74) is 5.80. The van der Waals surface area contributed by atoms with Crippen LogP contribution in [0.3, 0.4) is 0 Å². The number of nitrogens with one attached hydrogen (secondary N) is 2. The van der Waals surface area contributed by atoms with Crippen LogP contribution in [0.15, 0.2) is 48.8 Å². The number of anilines is 1. The molecule has 0 aliphatic rings. The second kappa shape index (κ2) is 7.81. The molecule has 0 aliphatic heterocycles. The monoisotopic (exact) mass is 308 g/mol. The average Bonchev–Trinajstić information content (AvgIpc) is 2.46. The summed E-state index contributed by atoms with van der Waals surface area (Å²) in [6.07, 6.45) is 2.71. The lowest BCUT2D eigenvalue weighted by molar-refractivity contribution is -0.384. The van der Waals surface area contributed by atoms with Crippen molar-refractivity contribution in [3.05, 3.63) is 64.5 Å². The number of halogens is 1. The minimum Gasteiger partial charge on any atom is -0.292 e. The number of benzene rings is 1. The van der Waals surface area contributed by atoms with Crippen LogP contribution in [0.5, 0.6) is 0 Å². The third-order valence-electron chi connectivity index (χ3n) is 2.54. The normalized spacial score (nSPS) is 9.33. The summed E-state index contributed by atoms with van der Waals surface area (Å²) >= 11 is 0. The van der Waals surface area contributed by atoms with E-state index in [0.717, 1.165) is 11.8 Å². The fraction of sp³-hybridized carbons (Fsp3) is 0.0769. The molecule has 7 nitrogen and oxygen atoms in total. The van der Waals surface area contributed by atoms with Crippen LogP contribution in [0, 0.1) is 10.1 Å². The summed E-state index contributed by atoms with van der Waals surface area (Å²) in [6.45, 7) is 0. The molecule has 110 valence electrons. The molecule has 1 amide bonds. The molecule has 0 unspecified atom stereocenters. The van der Waals surface area contributed by atoms with E-state index in [1.54, 1.807) is 0 Å². The number of pyridine rings is 1. The van der Waals surface area contributed by atoms with Crippen molar-refractivity contribution in [2.24, 2.45) is 0 Å². The Labute approximate surface area is 126 Å². The number of nitro groups is 1. The predicted octanol–water partition coefficient (Wildman–Crippen LogP) is 2.10.